The summed E-state index contributed by atoms with van der Waals surface area (Å²) >= 11 is 7.76. The van der Waals surface area contributed by atoms with Crippen LogP contribution in [0.1, 0.15) is 28.2 Å². The molecule has 0 aromatic heterocycles. The Labute approximate surface area is 174 Å². The van der Waals surface area contributed by atoms with Crippen molar-refractivity contribution in [3.63, 3.8) is 0 Å². The van der Waals surface area contributed by atoms with Crippen molar-refractivity contribution in [2.45, 2.75) is 12.3 Å². The standard InChI is InChI=1S/C21H23ClN2O3S/c1-3-23(20(26)15-8-4-6-10-17(15)22)12-13-24-19(25)14-28-21(24)16-9-5-7-11-18(16)27-2/h4-11,21H,3,12-14H2,1-2H3. The van der Waals surface area contributed by atoms with Gasteiger partial charge in [-0.3, -0.25) is 9.59 Å². The molecule has 1 atom stereocenters. The van der Waals surface area contributed by atoms with Gasteiger partial charge in [-0.2, -0.15) is 0 Å². The van der Waals surface area contributed by atoms with Crippen molar-refractivity contribution in [3.05, 3.63) is 64.7 Å². The zero-order valence-corrected chi connectivity index (χ0v) is 17.5. The monoisotopic (exact) mass is 418 g/mol. The highest BCUT2D eigenvalue weighted by atomic mass is 35.5. The maximum absolute atomic E-state index is 12.8. The van der Waals surface area contributed by atoms with Crippen LogP contribution in [-0.4, -0.2) is 54.1 Å². The number of ether oxygens (including phenoxy) is 1. The van der Waals surface area contributed by atoms with Crippen LogP contribution in [0.5, 0.6) is 5.75 Å². The van der Waals surface area contributed by atoms with Crippen molar-refractivity contribution >= 4 is 35.2 Å². The number of benzene rings is 2. The van der Waals surface area contributed by atoms with E-state index in [2.05, 4.69) is 0 Å². The van der Waals surface area contributed by atoms with Gasteiger partial charge in [-0.25, -0.2) is 0 Å². The van der Waals surface area contributed by atoms with Gasteiger partial charge in [0.1, 0.15) is 11.1 Å². The Morgan fingerprint density at radius 1 is 1.25 bits per heavy atom. The molecule has 0 aliphatic carbocycles. The summed E-state index contributed by atoms with van der Waals surface area (Å²) in [5.74, 6) is 1.13. The fourth-order valence-corrected chi connectivity index (χ4v) is 4.72. The molecule has 1 heterocycles. The Morgan fingerprint density at radius 3 is 2.68 bits per heavy atom. The van der Waals surface area contributed by atoms with Crippen molar-refractivity contribution < 1.29 is 14.3 Å². The Morgan fingerprint density at radius 2 is 1.96 bits per heavy atom. The van der Waals surface area contributed by atoms with E-state index in [0.717, 1.165) is 11.3 Å². The largest absolute Gasteiger partial charge is 0.496 e. The first-order valence-corrected chi connectivity index (χ1v) is 10.6. The van der Waals surface area contributed by atoms with Gasteiger partial charge in [0.05, 0.1) is 23.4 Å². The Kier molecular flexibility index (Phi) is 6.86. The average molecular weight is 419 g/mol. The summed E-state index contributed by atoms with van der Waals surface area (Å²) in [5.41, 5.74) is 1.45. The first-order valence-electron chi connectivity index (χ1n) is 9.14. The smallest absolute Gasteiger partial charge is 0.255 e. The van der Waals surface area contributed by atoms with Gasteiger partial charge in [-0.1, -0.05) is 41.9 Å². The lowest BCUT2D eigenvalue weighted by Gasteiger charge is -2.29. The van der Waals surface area contributed by atoms with Crippen LogP contribution in [0.3, 0.4) is 0 Å². The number of nitrogens with zero attached hydrogens (tertiary/aromatic N) is 2. The van der Waals surface area contributed by atoms with Crippen molar-refractivity contribution in [2.75, 3.05) is 32.5 Å². The second-order valence-electron chi connectivity index (χ2n) is 6.36. The minimum Gasteiger partial charge on any atom is -0.496 e. The Bertz CT molecular complexity index is 861. The summed E-state index contributed by atoms with van der Waals surface area (Å²) in [6, 6.07) is 14.8. The number of rotatable bonds is 7. The summed E-state index contributed by atoms with van der Waals surface area (Å²) < 4.78 is 5.47. The van der Waals surface area contributed by atoms with Crippen LogP contribution in [-0.2, 0) is 4.79 Å². The average Bonchev–Trinajstić information content (AvgIpc) is 3.09. The molecule has 0 N–H and O–H groups in total. The predicted octanol–water partition coefficient (Wildman–Crippen LogP) is 4.08. The molecule has 2 aromatic carbocycles. The number of carbonyl (C=O) groups is 2. The van der Waals surface area contributed by atoms with E-state index in [-0.39, 0.29) is 17.2 Å². The highest BCUT2D eigenvalue weighted by molar-refractivity contribution is 8.00. The molecular formula is C21H23ClN2O3S. The molecule has 1 aliphatic heterocycles. The number of amides is 2. The predicted molar refractivity (Wildman–Crippen MR) is 113 cm³/mol. The SMILES string of the molecule is CCN(CCN1C(=O)CSC1c1ccccc1OC)C(=O)c1ccccc1Cl. The Hall–Kier alpha value is -2.18. The van der Waals surface area contributed by atoms with Crippen molar-refractivity contribution in [2.24, 2.45) is 0 Å². The van der Waals surface area contributed by atoms with Gasteiger partial charge in [-0.05, 0) is 25.1 Å². The topological polar surface area (TPSA) is 49.9 Å². The molecule has 5 nitrogen and oxygen atoms in total. The molecule has 3 rings (SSSR count). The van der Waals surface area contributed by atoms with Gasteiger partial charge < -0.3 is 14.5 Å². The number of hydrogen-bond acceptors (Lipinski definition) is 4. The summed E-state index contributed by atoms with van der Waals surface area (Å²) in [6.07, 6.45) is 0. The normalized spacial score (nSPS) is 16.3. The number of hydrogen-bond donors (Lipinski definition) is 0. The molecule has 0 bridgehead atoms. The molecule has 2 aromatic rings. The Balaban J connectivity index is 1.74. The number of carbonyl (C=O) groups excluding carboxylic acids is 2. The van der Waals surface area contributed by atoms with Crippen LogP contribution >= 0.6 is 23.4 Å². The van der Waals surface area contributed by atoms with E-state index < -0.39 is 0 Å². The van der Waals surface area contributed by atoms with Crippen LogP contribution in [0, 0.1) is 0 Å². The number of para-hydroxylation sites is 1. The number of likely N-dealkylation sites (N-methyl/N-ethyl adjacent to an activating group) is 1. The maximum atomic E-state index is 12.8. The van der Waals surface area contributed by atoms with Crippen LogP contribution in [0.2, 0.25) is 5.02 Å². The van der Waals surface area contributed by atoms with E-state index in [1.807, 2.05) is 36.1 Å². The summed E-state index contributed by atoms with van der Waals surface area (Å²) in [5, 5.41) is 0.323. The second kappa shape index (κ2) is 9.34. The lowest BCUT2D eigenvalue weighted by atomic mass is 10.1. The fraction of sp³-hybridized carbons (Fsp3) is 0.333. The van der Waals surface area contributed by atoms with Crippen LogP contribution in [0.15, 0.2) is 48.5 Å². The number of halogens is 1. The lowest BCUT2D eigenvalue weighted by Crippen LogP contribution is -2.40. The molecule has 28 heavy (non-hydrogen) atoms. The van der Waals surface area contributed by atoms with Crippen LogP contribution < -0.4 is 4.74 Å². The number of thioether (sulfide) groups is 1. The van der Waals surface area contributed by atoms with Gasteiger partial charge >= 0.3 is 0 Å². The van der Waals surface area contributed by atoms with E-state index in [1.54, 1.807) is 48.0 Å². The third-order valence-electron chi connectivity index (χ3n) is 4.76. The summed E-state index contributed by atoms with van der Waals surface area (Å²) in [7, 11) is 1.63. The van der Waals surface area contributed by atoms with Gasteiger partial charge in [0.25, 0.3) is 5.91 Å². The van der Waals surface area contributed by atoms with E-state index >= 15 is 0 Å². The molecule has 1 aliphatic rings. The first-order chi connectivity index (χ1) is 13.6. The molecule has 148 valence electrons. The summed E-state index contributed by atoms with van der Waals surface area (Å²) in [6.45, 7) is 3.36. The van der Waals surface area contributed by atoms with Gasteiger partial charge in [0.15, 0.2) is 0 Å². The molecule has 0 spiro atoms. The van der Waals surface area contributed by atoms with E-state index in [4.69, 9.17) is 16.3 Å². The fourth-order valence-electron chi connectivity index (χ4n) is 3.26. The molecule has 0 radical (unpaired) electrons. The molecule has 2 amide bonds. The van der Waals surface area contributed by atoms with Gasteiger partial charge in [0, 0.05) is 25.2 Å². The van der Waals surface area contributed by atoms with Crippen LogP contribution in [0.4, 0.5) is 0 Å². The zero-order valence-electron chi connectivity index (χ0n) is 15.9. The zero-order chi connectivity index (χ0) is 20.1. The van der Waals surface area contributed by atoms with Crippen molar-refractivity contribution in [1.29, 1.82) is 0 Å². The maximum Gasteiger partial charge on any atom is 0.255 e. The van der Waals surface area contributed by atoms with Gasteiger partial charge in [0.2, 0.25) is 5.91 Å². The minimum absolute atomic E-state index is 0.0714. The molecule has 1 unspecified atom stereocenters. The third kappa shape index (κ3) is 4.28. The number of methoxy groups -OCH3 is 1. The first kappa shape index (κ1) is 20.6. The van der Waals surface area contributed by atoms with E-state index in [1.165, 1.54) is 0 Å². The van der Waals surface area contributed by atoms with E-state index in [0.29, 0.717) is 36.0 Å². The molecule has 0 saturated carbocycles. The molecule has 1 fully saturated rings. The second-order valence-corrected chi connectivity index (χ2v) is 7.83. The minimum atomic E-state index is -0.124. The lowest BCUT2D eigenvalue weighted by molar-refractivity contribution is -0.128. The quantitative estimate of drug-likeness (QED) is 0.679. The van der Waals surface area contributed by atoms with Gasteiger partial charge in [-0.15, -0.1) is 11.8 Å². The molecule has 7 heteroatoms. The van der Waals surface area contributed by atoms with Crippen LogP contribution in [0.25, 0.3) is 0 Å². The van der Waals surface area contributed by atoms with Crippen molar-refractivity contribution in [3.8, 4) is 5.75 Å². The summed E-state index contributed by atoms with van der Waals surface area (Å²) in [4.78, 5) is 28.9. The highest BCUT2D eigenvalue weighted by Crippen LogP contribution is 2.42. The van der Waals surface area contributed by atoms with Crippen molar-refractivity contribution in [1.82, 2.24) is 9.80 Å². The highest BCUT2D eigenvalue weighted by Gasteiger charge is 2.34. The molecular weight excluding hydrogens is 396 g/mol. The van der Waals surface area contributed by atoms with E-state index in [9.17, 15) is 9.59 Å². The third-order valence-corrected chi connectivity index (χ3v) is 6.32. The molecule has 1 saturated heterocycles.